The Morgan fingerprint density at radius 1 is 1.14 bits per heavy atom. The number of ether oxygens (including phenoxy) is 2. The molecule has 2 rings (SSSR count). The summed E-state index contributed by atoms with van der Waals surface area (Å²) in [4.78, 5) is 4.23. The van der Waals surface area contributed by atoms with Gasteiger partial charge in [0.15, 0.2) is 0 Å². The van der Waals surface area contributed by atoms with Crippen molar-refractivity contribution < 1.29 is 19.1 Å². The molecule has 1 aromatic carbocycles. The van der Waals surface area contributed by atoms with Crippen molar-refractivity contribution in [1.82, 2.24) is 9.71 Å². The molecule has 0 radical (unpaired) electrons. The second-order valence-electron chi connectivity index (χ2n) is 7.50. The van der Waals surface area contributed by atoms with Crippen molar-refractivity contribution in [3.63, 3.8) is 0 Å². The summed E-state index contributed by atoms with van der Waals surface area (Å²) in [5.41, 5.74) is 1.53. The van der Waals surface area contributed by atoms with Crippen LogP contribution in [0.25, 0.3) is 0 Å². The van der Waals surface area contributed by atoms with Crippen molar-refractivity contribution in [2.75, 3.05) is 13.7 Å². The highest BCUT2D eigenvalue weighted by Crippen LogP contribution is 2.23. The largest absolute Gasteiger partial charge is 0.598 e. The number of benzene rings is 1. The van der Waals surface area contributed by atoms with E-state index in [0.717, 1.165) is 5.56 Å². The lowest BCUT2D eigenvalue weighted by Crippen LogP contribution is -2.53. The Kier molecular flexibility index (Phi) is 8.88. The van der Waals surface area contributed by atoms with E-state index in [1.807, 2.05) is 51.1 Å². The first kappa shape index (κ1) is 22.8. The molecule has 2 N–H and O–H groups in total. The molecule has 1 heterocycles. The van der Waals surface area contributed by atoms with Crippen LogP contribution in [-0.2, 0) is 27.4 Å². The van der Waals surface area contributed by atoms with E-state index >= 15 is 0 Å². The molecular formula is C21H30N2O4S. The van der Waals surface area contributed by atoms with Gasteiger partial charge in [-0.05, 0) is 38.5 Å². The second kappa shape index (κ2) is 10.9. The normalized spacial score (nSPS) is 16.4. The van der Waals surface area contributed by atoms with Gasteiger partial charge < -0.3 is 19.1 Å². The highest BCUT2D eigenvalue weighted by atomic mass is 32.2. The van der Waals surface area contributed by atoms with Crippen LogP contribution in [0.4, 0.5) is 0 Å². The van der Waals surface area contributed by atoms with E-state index in [4.69, 9.17) is 9.47 Å². The molecule has 28 heavy (non-hydrogen) atoms. The SMILES string of the molecule is COC(COCc1ccccc1)C(N[S+]([O-])C(C)(C)C)C(O)c1ccccn1. The van der Waals surface area contributed by atoms with Gasteiger partial charge in [-0.1, -0.05) is 36.4 Å². The van der Waals surface area contributed by atoms with Crippen molar-refractivity contribution in [3.8, 4) is 0 Å². The summed E-state index contributed by atoms with van der Waals surface area (Å²) in [5, 5.41) is 10.9. The predicted molar refractivity (Wildman–Crippen MR) is 111 cm³/mol. The van der Waals surface area contributed by atoms with Crippen LogP contribution in [0.5, 0.6) is 0 Å². The number of pyridine rings is 1. The summed E-state index contributed by atoms with van der Waals surface area (Å²) >= 11 is -1.40. The third-order valence-electron chi connectivity index (χ3n) is 4.23. The van der Waals surface area contributed by atoms with Crippen molar-refractivity contribution in [2.24, 2.45) is 0 Å². The average molecular weight is 407 g/mol. The zero-order valence-corrected chi connectivity index (χ0v) is 17.7. The van der Waals surface area contributed by atoms with Gasteiger partial charge in [-0.3, -0.25) is 4.98 Å². The predicted octanol–water partition coefficient (Wildman–Crippen LogP) is 2.77. The summed E-state index contributed by atoms with van der Waals surface area (Å²) in [5.74, 6) is 0. The smallest absolute Gasteiger partial charge is 0.136 e. The molecule has 6 nitrogen and oxygen atoms in total. The molecule has 0 bridgehead atoms. The third-order valence-corrected chi connectivity index (χ3v) is 5.83. The standard InChI is InChI=1S/C21H30N2O4S/c1-21(2,3)28(25)23-19(20(24)17-12-8-9-13-22-17)18(26-4)15-27-14-16-10-6-5-7-11-16/h5-13,18-20,23-24H,14-15H2,1-4H3. The average Bonchev–Trinajstić information content (AvgIpc) is 2.70. The second-order valence-corrected chi connectivity index (χ2v) is 9.50. The number of aliphatic hydroxyl groups is 1. The maximum Gasteiger partial charge on any atom is 0.136 e. The lowest BCUT2D eigenvalue weighted by molar-refractivity contribution is -0.0414. The summed E-state index contributed by atoms with van der Waals surface area (Å²) in [6, 6.07) is 14.5. The Hall–Kier alpha value is -1.48. The molecule has 154 valence electrons. The summed E-state index contributed by atoms with van der Waals surface area (Å²) < 4.78 is 26.6. The van der Waals surface area contributed by atoms with Crippen molar-refractivity contribution in [1.29, 1.82) is 0 Å². The third kappa shape index (κ3) is 6.84. The van der Waals surface area contributed by atoms with Crippen LogP contribution in [-0.4, -0.2) is 45.3 Å². The van der Waals surface area contributed by atoms with E-state index in [1.54, 1.807) is 31.5 Å². The minimum atomic E-state index is -1.40. The molecule has 0 amide bonds. The minimum Gasteiger partial charge on any atom is -0.598 e. The van der Waals surface area contributed by atoms with Crippen molar-refractivity contribution in [2.45, 2.75) is 50.4 Å². The number of aliphatic hydroxyl groups excluding tert-OH is 1. The zero-order chi connectivity index (χ0) is 20.6. The number of rotatable bonds is 10. The van der Waals surface area contributed by atoms with Gasteiger partial charge in [0.05, 0.1) is 18.9 Å². The molecule has 4 unspecified atom stereocenters. The maximum atomic E-state index is 12.7. The highest BCUT2D eigenvalue weighted by Gasteiger charge is 2.38. The van der Waals surface area contributed by atoms with Gasteiger partial charge in [-0.25, -0.2) is 0 Å². The topological polar surface area (TPSA) is 86.7 Å². The lowest BCUT2D eigenvalue weighted by atomic mass is 10.0. The van der Waals surface area contributed by atoms with Crippen LogP contribution < -0.4 is 4.72 Å². The molecule has 4 atom stereocenters. The van der Waals surface area contributed by atoms with Crippen LogP contribution in [0.2, 0.25) is 0 Å². The number of methoxy groups -OCH3 is 1. The Morgan fingerprint density at radius 3 is 2.39 bits per heavy atom. The van der Waals surface area contributed by atoms with E-state index in [9.17, 15) is 9.66 Å². The Balaban J connectivity index is 2.12. The molecule has 2 aromatic rings. The van der Waals surface area contributed by atoms with Gasteiger partial charge in [0.1, 0.15) is 23.0 Å². The van der Waals surface area contributed by atoms with Gasteiger partial charge >= 0.3 is 0 Å². The molecule has 0 aliphatic rings. The molecule has 1 aromatic heterocycles. The van der Waals surface area contributed by atoms with Crippen LogP contribution in [0.3, 0.4) is 0 Å². The molecular weight excluding hydrogens is 376 g/mol. The van der Waals surface area contributed by atoms with Gasteiger partial charge in [0.2, 0.25) is 0 Å². The Morgan fingerprint density at radius 2 is 1.82 bits per heavy atom. The summed E-state index contributed by atoms with van der Waals surface area (Å²) in [6.07, 6.45) is 0.0918. The Labute approximate surface area is 170 Å². The number of nitrogens with one attached hydrogen (secondary N) is 1. The molecule has 0 saturated heterocycles. The number of nitrogens with zero attached hydrogens (tertiary/aromatic N) is 1. The number of hydrogen-bond acceptors (Lipinski definition) is 6. The lowest BCUT2D eigenvalue weighted by Gasteiger charge is -2.33. The summed E-state index contributed by atoms with van der Waals surface area (Å²) in [7, 11) is 1.55. The van der Waals surface area contributed by atoms with Gasteiger partial charge in [-0.15, -0.1) is 4.72 Å². The van der Waals surface area contributed by atoms with Crippen LogP contribution in [0, 0.1) is 0 Å². The molecule has 7 heteroatoms. The molecule has 0 aliphatic heterocycles. The fourth-order valence-electron chi connectivity index (χ4n) is 2.56. The monoisotopic (exact) mass is 406 g/mol. The minimum absolute atomic E-state index is 0.230. The fourth-order valence-corrected chi connectivity index (χ4v) is 3.45. The van der Waals surface area contributed by atoms with Crippen LogP contribution >= 0.6 is 0 Å². The number of hydrogen-bond donors (Lipinski definition) is 2. The Bertz CT molecular complexity index is 682. The molecule has 0 spiro atoms. The molecule has 0 aliphatic carbocycles. The van der Waals surface area contributed by atoms with E-state index in [-0.39, 0.29) is 6.61 Å². The first-order valence-corrected chi connectivity index (χ1v) is 10.4. The van der Waals surface area contributed by atoms with Crippen LogP contribution in [0.1, 0.15) is 38.1 Å². The number of aromatic nitrogens is 1. The van der Waals surface area contributed by atoms with Crippen molar-refractivity contribution in [3.05, 3.63) is 66.0 Å². The van der Waals surface area contributed by atoms with Crippen molar-refractivity contribution >= 4 is 11.4 Å². The van der Waals surface area contributed by atoms with E-state index in [0.29, 0.717) is 12.3 Å². The van der Waals surface area contributed by atoms with Gasteiger partial charge in [0.25, 0.3) is 0 Å². The summed E-state index contributed by atoms with van der Waals surface area (Å²) in [6.45, 7) is 6.26. The quantitative estimate of drug-likeness (QED) is 0.590. The van der Waals surface area contributed by atoms with E-state index in [1.165, 1.54) is 0 Å². The first-order chi connectivity index (χ1) is 13.3. The highest BCUT2D eigenvalue weighted by molar-refractivity contribution is 7.90. The van der Waals surface area contributed by atoms with E-state index < -0.39 is 34.4 Å². The molecule has 0 fully saturated rings. The molecule has 0 saturated carbocycles. The zero-order valence-electron chi connectivity index (χ0n) is 16.9. The first-order valence-electron chi connectivity index (χ1n) is 9.24. The van der Waals surface area contributed by atoms with Crippen LogP contribution in [0.15, 0.2) is 54.7 Å². The fraction of sp³-hybridized carbons (Fsp3) is 0.476. The van der Waals surface area contributed by atoms with E-state index in [2.05, 4.69) is 9.71 Å². The maximum absolute atomic E-state index is 12.7. The van der Waals surface area contributed by atoms with Gasteiger partial charge in [-0.2, -0.15) is 0 Å². The van der Waals surface area contributed by atoms with Gasteiger partial charge in [0, 0.05) is 24.7 Å².